The van der Waals surface area contributed by atoms with Gasteiger partial charge in [-0.1, -0.05) is 121 Å². The molecule has 0 aliphatic heterocycles. The SMILES string of the molecule is C=Nc1ccccc1/C(=C1/C=Cc2ccccc2C1)c1cccc(-c2c3ccccc3cc3ccccc23)c1. The maximum atomic E-state index is 4.41. The van der Waals surface area contributed by atoms with Gasteiger partial charge in [0.1, 0.15) is 0 Å². The van der Waals surface area contributed by atoms with E-state index in [-0.39, 0.29) is 0 Å². The number of aliphatic imine (C=N–C) groups is 1. The average Bonchev–Trinajstić information content (AvgIpc) is 3.00. The van der Waals surface area contributed by atoms with Crippen molar-refractivity contribution in [3.63, 3.8) is 0 Å². The Morgan fingerprint density at radius 1 is 0.615 bits per heavy atom. The Hall–Kier alpha value is -5.01. The van der Waals surface area contributed by atoms with Gasteiger partial charge in [0.05, 0.1) is 5.69 Å². The second-order valence-electron chi connectivity index (χ2n) is 10.1. The largest absolute Gasteiger partial charge is 0.264 e. The van der Waals surface area contributed by atoms with Gasteiger partial charge in [-0.15, -0.1) is 0 Å². The summed E-state index contributed by atoms with van der Waals surface area (Å²) >= 11 is 0. The molecule has 0 aromatic heterocycles. The van der Waals surface area contributed by atoms with Gasteiger partial charge in [-0.2, -0.15) is 0 Å². The van der Waals surface area contributed by atoms with E-state index in [9.17, 15) is 0 Å². The summed E-state index contributed by atoms with van der Waals surface area (Å²) in [5, 5.41) is 5.04. The Morgan fingerprint density at radius 2 is 1.31 bits per heavy atom. The summed E-state index contributed by atoms with van der Waals surface area (Å²) in [5.41, 5.74) is 10.8. The zero-order valence-electron chi connectivity index (χ0n) is 21.6. The van der Waals surface area contributed by atoms with Gasteiger partial charge in [0.25, 0.3) is 0 Å². The smallest absolute Gasteiger partial charge is 0.0701 e. The van der Waals surface area contributed by atoms with E-state index in [1.54, 1.807) is 0 Å². The molecule has 0 spiro atoms. The van der Waals surface area contributed by atoms with Crippen LogP contribution < -0.4 is 0 Å². The van der Waals surface area contributed by atoms with Crippen LogP contribution in [0.1, 0.15) is 22.3 Å². The fourth-order valence-electron chi connectivity index (χ4n) is 5.98. The molecule has 7 rings (SSSR count). The molecule has 0 saturated carbocycles. The zero-order chi connectivity index (χ0) is 26.2. The predicted molar refractivity (Wildman–Crippen MR) is 168 cm³/mol. The average molecular weight is 498 g/mol. The van der Waals surface area contributed by atoms with E-state index in [4.69, 9.17) is 0 Å². The second-order valence-corrected chi connectivity index (χ2v) is 10.1. The third kappa shape index (κ3) is 4.09. The summed E-state index contributed by atoms with van der Waals surface area (Å²) in [6.07, 6.45) is 5.38. The van der Waals surface area contributed by atoms with E-state index >= 15 is 0 Å². The van der Waals surface area contributed by atoms with Gasteiger partial charge in [-0.05, 0) is 91.8 Å². The molecule has 0 atom stereocenters. The molecule has 0 heterocycles. The molecule has 0 N–H and O–H groups in total. The van der Waals surface area contributed by atoms with Crippen LogP contribution in [0.15, 0.2) is 144 Å². The fourth-order valence-corrected chi connectivity index (χ4v) is 5.98. The Bertz CT molecular complexity index is 1900. The lowest BCUT2D eigenvalue weighted by molar-refractivity contribution is 1.17. The summed E-state index contributed by atoms with van der Waals surface area (Å²) in [5.74, 6) is 0. The Kier molecular flexibility index (Phi) is 5.75. The maximum absolute atomic E-state index is 4.41. The van der Waals surface area contributed by atoms with Crippen molar-refractivity contribution in [2.45, 2.75) is 6.42 Å². The molecule has 0 saturated heterocycles. The van der Waals surface area contributed by atoms with Crippen molar-refractivity contribution < 1.29 is 0 Å². The lowest BCUT2D eigenvalue weighted by Crippen LogP contribution is -2.02. The lowest BCUT2D eigenvalue weighted by atomic mass is 9.84. The number of benzene rings is 6. The van der Waals surface area contributed by atoms with Crippen LogP contribution in [0.4, 0.5) is 5.69 Å². The Morgan fingerprint density at radius 3 is 2.10 bits per heavy atom. The molecular formula is C38H27N. The van der Waals surface area contributed by atoms with Crippen LogP contribution in [0.2, 0.25) is 0 Å². The number of fused-ring (bicyclic) bond motifs is 3. The first-order chi connectivity index (χ1) is 19.3. The molecule has 1 aliphatic carbocycles. The third-order valence-corrected chi connectivity index (χ3v) is 7.78. The van der Waals surface area contributed by atoms with E-state index < -0.39 is 0 Å². The first-order valence-corrected chi connectivity index (χ1v) is 13.4. The molecular weight excluding hydrogens is 470 g/mol. The van der Waals surface area contributed by atoms with Crippen molar-refractivity contribution in [3.8, 4) is 11.1 Å². The summed E-state index contributed by atoms with van der Waals surface area (Å²) in [7, 11) is 0. The van der Waals surface area contributed by atoms with Gasteiger partial charge >= 0.3 is 0 Å². The first kappa shape index (κ1) is 23.1. The topological polar surface area (TPSA) is 12.4 Å². The molecule has 1 nitrogen and oxygen atoms in total. The van der Waals surface area contributed by atoms with E-state index in [1.807, 2.05) is 12.1 Å². The molecule has 39 heavy (non-hydrogen) atoms. The monoisotopic (exact) mass is 497 g/mol. The maximum Gasteiger partial charge on any atom is 0.0701 e. The highest BCUT2D eigenvalue weighted by atomic mass is 14.7. The van der Waals surface area contributed by atoms with Crippen LogP contribution in [-0.4, -0.2) is 6.72 Å². The zero-order valence-corrected chi connectivity index (χ0v) is 21.6. The van der Waals surface area contributed by atoms with E-state index in [0.29, 0.717) is 0 Å². The minimum atomic E-state index is 0.870. The number of nitrogens with zero attached hydrogens (tertiary/aromatic N) is 1. The third-order valence-electron chi connectivity index (χ3n) is 7.78. The molecule has 1 aliphatic rings. The molecule has 184 valence electrons. The summed E-state index contributed by atoms with van der Waals surface area (Å²) in [6.45, 7) is 3.89. The molecule has 0 fully saturated rings. The molecule has 6 aromatic carbocycles. The highest BCUT2D eigenvalue weighted by Crippen LogP contribution is 2.41. The lowest BCUT2D eigenvalue weighted by Gasteiger charge is -2.21. The summed E-state index contributed by atoms with van der Waals surface area (Å²) in [4.78, 5) is 4.41. The van der Waals surface area contributed by atoms with Crippen LogP contribution in [0.5, 0.6) is 0 Å². The van der Waals surface area contributed by atoms with Crippen LogP contribution in [-0.2, 0) is 6.42 Å². The highest BCUT2D eigenvalue weighted by Gasteiger charge is 2.19. The van der Waals surface area contributed by atoms with Gasteiger partial charge in [-0.3, -0.25) is 4.99 Å². The fraction of sp³-hybridized carbons (Fsp3) is 0.0263. The molecule has 0 radical (unpaired) electrons. The van der Waals surface area contributed by atoms with Crippen LogP contribution >= 0.6 is 0 Å². The van der Waals surface area contributed by atoms with Crippen molar-refractivity contribution in [2.75, 3.05) is 0 Å². The van der Waals surface area contributed by atoms with E-state index in [2.05, 4.69) is 139 Å². The van der Waals surface area contributed by atoms with E-state index in [1.165, 1.54) is 60.5 Å². The second kappa shape index (κ2) is 9.70. The van der Waals surface area contributed by atoms with Crippen molar-refractivity contribution in [3.05, 3.63) is 161 Å². The van der Waals surface area contributed by atoms with Gasteiger partial charge in [0, 0.05) is 5.56 Å². The van der Waals surface area contributed by atoms with Gasteiger partial charge in [0.2, 0.25) is 0 Å². The molecule has 0 bridgehead atoms. The van der Waals surface area contributed by atoms with Crippen LogP contribution in [0.25, 0.3) is 44.3 Å². The van der Waals surface area contributed by atoms with Crippen LogP contribution in [0, 0.1) is 0 Å². The standard InChI is InChI=1S/C38H27N/c1-39-36-20-9-8-19-35(36)37(32-22-21-26-11-2-3-12-27(26)23-32)30-15-10-16-31(25-30)38-33-17-6-4-13-28(33)24-29-14-5-7-18-34(29)38/h2-22,24-25H,1,23H2/b37-32-. The minimum absolute atomic E-state index is 0.870. The molecule has 1 heteroatoms. The van der Waals surface area contributed by atoms with Crippen LogP contribution in [0.3, 0.4) is 0 Å². The summed E-state index contributed by atoms with van der Waals surface area (Å²) < 4.78 is 0. The Balaban J connectivity index is 1.50. The molecule has 6 aromatic rings. The number of hydrogen-bond acceptors (Lipinski definition) is 1. The first-order valence-electron chi connectivity index (χ1n) is 13.4. The molecule has 0 unspecified atom stereocenters. The molecule has 0 amide bonds. The van der Waals surface area contributed by atoms with Crippen molar-refractivity contribution in [1.82, 2.24) is 0 Å². The number of para-hydroxylation sites is 1. The number of allylic oxidation sites excluding steroid dienone is 2. The number of hydrogen-bond donors (Lipinski definition) is 0. The Labute approximate surface area is 229 Å². The normalized spacial score (nSPS) is 13.8. The quantitative estimate of drug-likeness (QED) is 0.170. The van der Waals surface area contributed by atoms with Crippen molar-refractivity contribution in [2.24, 2.45) is 4.99 Å². The van der Waals surface area contributed by atoms with Gasteiger partial charge in [0.15, 0.2) is 0 Å². The van der Waals surface area contributed by atoms with Crippen molar-refractivity contribution in [1.29, 1.82) is 0 Å². The van der Waals surface area contributed by atoms with Crippen molar-refractivity contribution >= 4 is 45.6 Å². The van der Waals surface area contributed by atoms with Gasteiger partial charge in [-0.25, -0.2) is 0 Å². The number of rotatable bonds is 4. The van der Waals surface area contributed by atoms with Gasteiger partial charge < -0.3 is 0 Å². The van der Waals surface area contributed by atoms with E-state index in [0.717, 1.165) is 17.7 Å². The minimum Gasteiger partial charge on any atom is -0.264 e. The predicted octanol–water partition coefficient (Wildman–Crippen LogP) is 10.1. The highest BCUT2D eigenvalue weighted by molar-refractivity contribution is 6.13. The summed E-state index contributed by atoms with van der Waals surface area (Å²) in [6, 6.07) is 45.7.